The van der Waals surface area contributed by atoms with E-state index in [1.165, 1.54) is 0 Å². The lowest BCUT2D eigenvalue weighted by molar-refractivity contribution is -0.136. The van der Waals surface area contributed by atoms with Crippen molar-refractivity contribution < 1.29 is 9.59 Å². The van der Waals surface area contributed by atoms with E-state index in [-0.39, 0.29) is 18.0 Å². The fraction of sp³-hybridized carbons (Fsp3) is 0.875. The van der Waals surface area contributed by atoms with Crippen molar-refractivity contribution in [3.63, 3.8) is 0 Å². The highest BCUT2D eigenvalue weighted by Gasteiger charge is 2.29. The van der Waals surface area contributed by atoms with Gasteiger partial charge in [0.15, 0.2) is 0 Å². The molecule has 0 saturated heterocycles. The zero-order valence-electron chi connectivity index (χ0n) is 14.0. The van der Waals surface area contributed by atoms with Gasteiger partial charge >= 0.3 is 0 Å². The minimum Gasteiger partial charge on any atom is -0.341 e. The fourth-order valence-corrected chi connectivity index (χ4v) is 2.56. The smallest absolute Gasteiger partial charge is 0.239 e. The minimum absolute atomic E-state index is 0.137. The van der Waals surface area contributed by atoms with Crippen molar-refractivity contribution in [2.75, 3.05) is 14.1 Å². The molecule has 0 aliphatic carbocycles. The summed E-state index contributed by atoms with van der Waals surface area (Å²) in [4.78, 5) is 25.1. The Morgan fingerprint density at radius 2 is 1.90 bits per heavy atom. The van der Waals surface area contributed by atoms with Crippen molar-refractivity contribution >= 4 is 12.2 Å². The number of likely N-dealkylation sites (N-methyl/N-ethyl adjacent to an activating group) is 2. The van der Waals surface area contributed by atoms with Gasteiger partial charge in [0.25, 0.3) is 0 Å². The Morgan fingerprint density at radius 1 is 1.30 bits per heavy atom. The van der Waals surface area contributed by atoms with Crippen molar-refractivity contribution in [3.8, 4) is 0 Å². The summed E-state index contributed by atoms with van der Waals surface area (Å²) in [5.74, 6) is 0.956. The molecule has 3 atom stereocenters. The van der Waals surface area contributed by atoms with Crippen LogP contribution in [0.5, 0.6) is 0 Å². The second-order valence-corrected chi connectivity index (χ2v) is 6.13. The zero-order chi connectivity index (χ0) is 15.7. The number of hydrogen-bond donors (Lipinski definition) is 1. The molecule has 0 heterocycles. The molecule has 0 aromatic carbocycles. The summed E-state index contributed by atoms with van der Waals surface area (Å²) in [5, 5.41) is 3.14. The molecule has 0 aromatic rings. The molecule has 0 spiro atoms. The molecule has 0 rings (SSSR count). The number of carbonyl (C=O) groups excluding carboxylic acids is 2. The largest absolute Gasteiger partial charge is 0.341 e. The standard InChI is InChI=1S/C16H32N2O2/c1-7-13(4)15(17-5)16(20)18(6)14(9-8-10-19)11-12(2)3/h10,12-15,17H,7-9,11H2,1-6H3/t13-,14+,15-/m0/s1. The van der Waals surface area contributed by atoms with E-state index in [0.717, 1.165) is 25.5 Å². The molecule has 0 aliphatic heterocycles. The van der Waals surface area contributed by atoms with E-state index in [1.54, 1.807) is 0 Å². The van der Waals surface area contributed by atoms with E-state index in [2.05, 4.69) is 33.0 Å². The fourth-order valence-electron chi connectivity index (χ4n) is 2.56. The topological polar surface area (TPSA) is 49.4 Å². The molecule has 0 saturated carbocycles. The number of nitrogens with zero attached hydrogens (tertiary/aromatic N) is 1. The Labute approximate surface area is 124 Å². The Morgan fingerprint density at radius 3 is 2.30 bits per heavy atom. The summed E-state index contributed by atoms with van der Waals surface area (Å²) >= 11 is 0. The minimum atomic E-state index is -0.143. The molecule has 0 unspecified atom stereocenters. The molecule has 0 bridgehead atoms. The lowest BCUT2D eigenvalue weighted by atomic mass is 9.95. The van der Waals surface area contributed by atoms with Crippen molar-refractivity contribution in [1.82, 2.24) is 10.2 Å². The van der Waals surface area contributed by atoms with Gasteiger partial charge in [0.1, 0.15) is 6.29 Å². The van der Waals surface area contributed by atoms with Crippen LogP contribution in [0.3, 0.4) is 0 Å². The second-order valence-electron chi connectivity index (χ2n) is 6.13. The van der Waals surface area contributed by atoms with Gasteiger partial charge in [0.05, 0.1) is 6.04 Å². The Hall–Kier alpha value is -0.900. The third-order valence-corrected chi connectivity index (χ3v) is 4.05. The number of aldehydes is 1. The van der Waals surface area contributed by atoms with E-state index in [4.69, 9.17) is 0 Å². The molecular weight excluding hydrogens is 252 g/mol. The van der Waals surface area contributed by atoms with Crippen LogP contribution in [0.1, 0.15) is 53.4 Å². The van der Waals surface area contributed by atoms with Crippen LogP contribution in [-0.4, -0.2) is 43.3 Å². The van der Waals surface area contributed by atoms with Crippen LogP contribution in [0.25, 0.3) is 0 Å². The molecule has 0 fully saturated rings. The van der Waals surface area contributed by atoms with E-state index in [9.17, 15) is 9.59 Å². The molecule has 1 amide bonds. The summed E-state index contributed by atoms with van der Waals surface area (Å²) in [6.07, 6.45) is 4.11. The molecule has 0 radical (unpaired) electrons. The Kier molecular flexibility index (Phi) is 9.47. The quantitative estimate of drug-likeness (QED) is 0.627. The normalized spacial score (nSPS) is 15.8. The van der Waals surface area contributed by atoms with Crippen LogP contribution < -0.4 is 5.32 Å². The van der Waals surface area contributed by atoms with Gasteiger partial charge in [-0.2, -0.15) is 0 Å². The summed E-state index contributed by atoms with van der Waals surface area (Å²) in [6, 6.07) is 0.00324. The van der Waals surface area contributed by atoms with Crippen LogP contribution in [0.15, 0.2) is 0 Å². The first-order valence-electron chi connectivity index (χ1n) is 7.76. The van der Waals surface area contributed by atoms with Gasteiger partial charge in [0.2, 0.25) is 5.91 Å². The lowest BCUT2D eigenvalue weighted by Crippen LogP contribution is -2.50. The van der Waals surface area contributed by atoms with Gasteiger partial charge in [0, 0.05) is 19.5 Å². The molecule has 0 aliphatic rings. The first-order chi connectivity index (χ1) is 9.38. The van der Waals surface area contributed by atoms with Gasteiger partial charge in [-0.25, -0.2) is 0 Å². The van der Waals surface area contributed by atoms with Gasteiger partial charge in [-0.05, 0) is 31.7 Å². The predicted molar refractivity (Wildman–Crippen MR) is 83.6 cm³/mol. The summed E-state index contributed by atoms with van der Waals surface area (Å²) in [5.41, 5.74) is 0. The molecule has 1 N–H and O–H groups in total. The highest BCUT2D eigenvalue weighted by Crippen LogP contribution is 2.18. The van der Waals surface area contributed by atoms with Crippen LogP contribution in [0.2, 0.25) is 0 Å². The molecule has 4 heteroatoms. The first-order valence-corrected chi connectivity index (χ1v) is 7.76. The maximum Gasteiger partial charge on any atom is 0.239 e. The van der Waals surface area contributed by atoms with Gasteiger partial charge < -0.3 is 15.0 Å². The van der Waals surface area contributed by atoms with Crippen molar-refractivity contribution in [1.29, 1.82) is 0 Å². The second kappa shape index (κ2) is 9.92. The van der Waals surface area contributed by atoms with Crippen LogP contribution >= 0.6 is 0 Å². The van der Waals surface area contributed by atoms with Crippen LogP contribution in [0, 0.1) is 11.8 Å². The van der Waals surface area contributed by atoms with Crippen molar-refractivity contribution in [2.45, 2.75) is 65.5 Å². The summed E-state index contributed by atoms with van der Waals surface area (Å²) in [7, 11) is 3.71. The third-order valence-electron chi connectivity index (χ3n) is 4.05. The van der Waals surface area contributed by atoms with E-state index in [0.29, 0.717) is 18.3 Å². The summed E-state index contributed by atoms with van der Waals surface area (Å²) in [6.45, 7) is 8.49. The Bertz CT molecular complexity index is 292. The maximum atomic E-state index is 12.6. The monoisotopic (exact) mass is 284 g/mol. The molecule has 4 nitrogen and oxygen atoms in total. The van der Waals surface area contributed by atoms with E-state index >= 15 is 0 Å². The molecule has 0 aromatic heterocycles. The zero-order valence-corrected chi connectivity index (χ0v) is 14.0. The highest BCUT2D eigenvalue weighted by molar-refractivity contribution is 5.82. The van der Waals surface area contributed by atoms with Crippen molar-refractivity contribution in [3.05, 3.63) is 0 Å². The molecule has 118 valence electrons. The Balaban J connectivity index is 4.86. The third kappa shape index (κ3) is 6.04. The molecular formula is C16H32N2O2. The van der Waals surface area contributed by atoms with E-state index < -0.39 is 0 Å². The van der Waals surface area contributed by atoms with Crippen LogP contribution in [-0.2, 0) is 9.59 Å². The van der Waals surface area contributed by atoms with Gasteiger partial charge in [-0.1, -0.05) is 34.1 Å². The van der Waals surface area contributed by atoms with Gasteiger partial charge in [-0.15, -0.1) is 0 Å². The average Bonchev–Trinajstić information content (AvgIpc) is 2.42. The highest BCUT2D eigenvalue weighted by atomic mass is 16.2. The average molecular weight is 284 g/mol. The number of rotatable bonds is 10. The first kappa shape index (κ1) is 19.1. The summed E-state index contributed by atoms with van der Waals surface area (Å²) < 4.78 is 0. The number of hydrogen-bond acceptors (Lipinski definition) is 3. The number of carbonyl (C=O) groups is 2. The van der Waals surface area contributed by atoms with Crippen molar-refractivity contribution in [2.24, 2.45) is 11.8 Å². The van der Waals surface area contributed by atoms with Crippen LogP contribution in [0.4, 0.5) is 0 Å². The SMILES string of the molecule is CC[C@H](C)[C@H](NC)C(=O)N(C)[C@H](CCC=O)CC(C)C. The number of nitrogens with one attached hydrogen (secondary N) is 1. The van der Waals surface area contributed by atoms with Gasteiger partial charge in [-0.3, -0.25) is 4.79 Å². The lowest BCUT2D eigenvalue weighted by Gasteiger charge is -2.34. The number of amides is 1. The predicted octanol–water partition coefficient (Wildman–Crippen LogP) is 2.47. The maximum absolute atomic E-state index is 12.6. The van der Waals surface area contributed by atoms with E-state index in [1.807, 2.05) is 19.0 Å². The molecule has 20 heavy (non-hydrogen) atoms.